The van der Waals surface area contributed by atoms with E-state index >= 15 is 0 Å². The van der Waals surface area contributed by atoms with Crippen molar-refractivity contribution in [3.05, 3.63) is 23.7 Å². The van der Waals surface area contributed by atoms with Crippen molar-refractivity contribution in [3.63, 3.8) is 0 Å². The van der Waals surface area contributed by atoms with E-state index in [2.05, 4.69) is 46.2 Å². The molecule has 3 heterocycles. The number of rotatable bonds is 3. The van der Waals surface area contributed by atoms with Gasteiger partial charge in [0, 0.05) is 26.6 Å². The van der Waals surface area contributed by atoms with Crippen LogP contribution in [0.1, 0.15) is 51.3 Å². The van der Waals surface area contributed by atoms with Gasteiger partial charge in [0.15, 0.2) is 0 Å². The van der Waals surface area contributed by atoms with Gasteiger partial charge in [-0.25, -0.2) is 4.68 Å². The van der Waals surface area contributed by atoms with Gasteiger partial charge in [0.25, 0.3) is 0 Å². The Balaban J connectivity index is 1.69. The molecule has 0 unspecified atom stereocenters. The summed E-state index contributed by atoms with van der Waals surface area (Å²) in [5.74, 6) is 1.10. The van der Waals surface area contributed by atoms with E-state index in [-0.39, 0.29) is 17.7 Å². The van der Waals surface area contributed by atoms with Crippen LogP contribution in [-0.2, 0) is 16.8 Å². The Morgan fingerprint density at radius 3 is 2.61 bits per heavy atom. The van der Waals surface area contributed by atoms with Gasteiger partial charge in [-0.3, -0.25) is 4.90 Å². The number of hydrogen-bond acceptors (Lipinski definition) is 7. The molecular formula is C15H24N6O2. The second-order valence-electron chi connectivity index (χ2n) is 7.11. The second-order valence-corrected chi connectivity index (χ2v) is 7.11. The Labute approximate surface area is 135 Å². The zero-order valence-electron chi connectivity index (χ0n) is 14.4. The molecule has 1 fully saturated rings. The van der Waals surface area contributed by atoms with Crippen LogP contribution >= 0.6 is 0 Å². The summed E-state index contributed by atoms with van der Waals surface area (Å²) >= 11 is 0. The third-order valence-corrected chi connectivity index (χ3v) is 3.77. The van der Waals surface area contributed by atoms with E-state index in [4.69, 9.17) is 9.15 Å². The lowest BCUT2D eigenvalue weighted by Gasteiger charge is -2.34. The van der Waals surface area contributed by atoms with Crippen molar-refractivity contribution in [2.45, 2.75) is 58.9 Å². The monoisotopic (exact) mass is 320 g/mol. The van der Waals surface area contributed by atoms with Crippen molar-refractivity contribution in [2.24, 2.45) is 0 Å². The van der Waals surface area contributed by atoms with Crippen LogP contribution in [0.5, 0.6) is 0 Å². The first-order valence-electron chi connectivity index (χ1n) is 7.91. The Morgan fingerprint density at radius 1 is 1.22 bits per heavy atom. The largest absolute Gasteiger partial charge is 0.423 e. The minimum Gasteiger partial charge on any atom is -0.423 e. The third kappa shape index (κ3) is 3.76. The molecule has 8 nitrogen and oxygen atoms in total. The molecule has 0 aliphatic carbocycles. The summed E-state index contributed by atoms with van der Waals surface area (Å²) < 4.78 is 13.3. The summed E-state index contributed by atoms with van der Waals surface area (Å²) in [6.45, 7) is 12.4. The highest BCUT2D eigenvalue weighted by atomic mass is 16.5. The van der Waals surface area contributed by atoms with Gasteiger partial charge in [0.2, 0.25) is 11.8 Å². The van der Waals surface area contributed by atoms with Crippen LogP contribution in [0.15, 0.2) is 10.6 Å². The molecule has 1 aliphatic heterocycles. The summed E-state index contributed by atoms with van der Waals surface area (Å²) in [5, 5.41) is 16.5. The van der Waals surface area contributed by atoms with E-state index in [0.717, 1.165) is 18.8 Å². The van der Waals surface area contributed by atoms with Crippen molar-refractivity contribution in [2.75, 3.05) is 13.1 Å². The van der Waals surface area contributed by atoms with E-state index in [9.17, 15) is 0 Å². The molecule has 0 amide bonds. The average Bonchev–Trinajstić information content (AvgIpc) is 3.06. The topological polar surface area (TPSA) is 82.1 Å². The summed E-state index contributed by atoms with van der Waals surface area (Å²) in [6, 6.07) is 0. The molecule has 0 spiro atoms. The highest BCUT2D eigenvalue weighted by Crippen LogP contribution is 2.25. The first-order chi connectivity index (χ1) is 10.8. The van der Waals surface area contributed by atoms with E-state index in [1.165, 1.54) is 0 Å². The fourth-order valence-electron chi connectivity index (χ4n) is 2.67. The van der Waals surface area contributed by atoms with Crippen LogP contribution < -0.4 is 0 Å². The molecule has 1 saturated heterocycles. The van der Waals surface area contributed by atoms with Crippen LogP contribution in [0, 0.1) is 6.92 Å². The summed E-state index contributed by atoms with van der Waals surface area (Å²) in [5.41, 5.74) is 0.891. The van der Waals surface area contributed by atoms with Crippen molar-refractivity contribution in [3.8, 4) is 0 Å². The molecular weight excluding hydrogens is 296 g/mol. The zero-order valence-corrected chi connectivity index (χ0v) is 14.4. The summed E-state index contributed by atoms with van der Waals surface area (Å²) in [6.07, 6.45) is 1.91. The van der Waals surface area contributed by atoms with Crippen LogP contribution in [-0.4, -0.2) is 49.3 Å². The molecule has 0 N–H and O–H groups in total. The maximum Gasteiger partial charge on any atom is 0.246 e. The molecule has 0 radical (unpaired) electrons. The fraction of sp³-hybridized carbons (Fsp3) is 0.733. The number of nitrogens with zero attached hydrogens (tertiary/aromatic N) is 6. The minimum atomic E-state index is -0.197. The maximum absolute atomic E-state index is 5.93. The van der Waals surface area contributed by atoms with Gasteiger partial charge in [-0.1, -0.05) is 5.21 Å². The lowest BCUT2D eigenvalue weighted by Crippen LogP contribution is -2.42. The Bertz CT molecular complexity index is 659. The smallest absolute Gasteiger partial charge is 0.246 e. The average molecular weight is 320 g/mol. The summed E-state index contributed by atoms with van der Waals surface area (Å²) in [4.78, 5) is 2.29. The van der Waals surface area contributed by atoms with Gasteiger partial charge < -0.3 is 9.15 Å². The van der Waals surface area contributed by atoms with Gasteiger partial charge in [-0.05, 0) is 27.7 Å². The number of aryl methyl sites for hydroxylation is 1. The second kappa shape index (κ2) is 6.01. The van der Waals surface area contributed by atoms with Gasteiger partial charge in [-0.15, -0.1) is 15.3 Å². The predicted octanol–water partition coefficient (Wildman–Crippen LogP) is 1.69. The molecule has 126 valence electrons. The minimum absolute atomic E-state index is 0.0621. The fourth-order valence-corrected chi connectivity index (χ4v) is 2.67. The van der Waals surface area contributed by atoms with Gasteiger partial charge in [0.05, 0.1) is 23.5 Å². The van der Waals surface area contributed by atoms with Crippen molar-refractivity contribution >= 4 is 0 Å². The van der Waals surface area contributed by atoms with Crippen molar-refractivity contribution < 1.29 is 9.15 Å². The van der Waals surface area contributed by atoms with Crippen LogP contribution in [0.25, 0.3) is 0 Å². The molecule has 0 bridgehead atoms. The zero-order chi connectivity index (χ0) is 16.6. The van der Waals surface area contributed by atoms with E-state index in [1.807, 2.05) is 17.8 Å². The van der Waals surface area contributed by atoms with Crippen molar-refractivity contribution in [1.82, 2.24) is 30.1 Å². The first kappa shape index (κ1) is 16.1. The van der Waals surface area contributed by atoms with E-state index in [0.29, 0.717) is 18.3 Å². The predicted molar refractivity (Wildman–Crippen MR) is 82.6 cm³/mol. The quantitative estimate of drug-likeness (QED) is 0.851. The SMILES string of the molecule is Cc1nnc([C@H]2CN(Cc3cn(C(C)(C)C)nn3)C[C@@H](C)O2)o1. The maximum atomic E-state index is 5.93. The van der Waals surface area contributed by atoms with E-state index in [1.54, 1.807) is 6.92 Å². The first-order valence-corrected chi connectivity index (χ1v) is 7.91. The van der Waals surface area contributed by atoms with Gasteiger partial charge >= 0.3 is 0 Å². The van der Waals surface area contributed by atoms with Crippen LogP contribution in [0.3, 0.4) is 0 Å². The molecule has 0 saturated carbocycles. The van der Waals surface area contributed by atoms with Gasteiger partial charge in [0.1, 0.15) is 6.10 Å². The molecule has 8 heteroatoms. The Morgan fingerprint density at radius 2 is 2.00 bits per heavy atom. The van der Waals surface area contributed by atoms with E-state index < -0.39 is 0 Å². The molecule has 2 aromatic rings. The molecule has 1 aliphatic rings. The number of ether oxygens (including phenoxy) is 1. The summed E-state index contributed by atoms with van der Waals surface area (Å²) in [7, 11) is 0. The Kier molecular flexibility index (Phi) is 4.20. The Hall–Kier alpha value is -1.80. The number of morpholine rings is 1. The number of hydrogen-bond donors (Lipinski definition) is 0. The molecule has 2 atom stereocenters. The number of aromatic nitrogens is 5. The highest BCUT2D eigenvalue weighted by molar-refractivity contribution is 4.97. The normalized spacial score (nSPS) is 23.3. The van der Waals surface area contributed by atoms with Crippen molar-refractivity contribution in [1.29, 1.82) is 0 Å². The third-order valence-electron chi connectivity index (χ3n) is 3.77. The van der Waals surface area contributed by atoms with Crippen LogP contribution in [0.4, 0.5) is 0 Å². The molecule has 0 aromatic carbocycles. The lowest BCUT2D eigenvalue weighted by atomic mass is 10.1. The van der Waals surface area contributed by atoms with Gasteiger partial charge in [-0.2, -0.15) is 0 Å². The standard InChI is InChI=1S/C15H24N6O2/c1-10-6-20(7-12-8-21(19-17-12)15(3,4)5)9-13(22-10)14-18-16-11(2)23-14/h8,10,13H,6-7,9H2,1-5H3/t10-,13-/m1/s1. The molecule has 23 heavy (non-hydrogen) atoms. The molecule has 3 rings (SSSR count). The molecule has 2 aromatic heterocycles. The highest BCUT2D eigenvalue weighted by Gasteiger charge is 2.30. The lowest BCUT2D eigenvalue weighted by molar-refractivity contribution is -0.0920. The van der Waals surface area contributed by atoms with Crippen LogP contribution in [0.2, 0.25) is 0 Å².